The summed E-state index contributed by atoms with van der Waals surface area (Å²) in [6.45, 7) is 3.28. The number of nitrogens with one attached hydrogen (secondary N) is 1. The second-order valence-electron chi connectivity index (χ2n) is 5.90. The van der Waals surface area contributed by atoms with Gasteiger partial charge < -0.3 is 14.6 Å². The average Bonchev–Trinajstić information content (AvgIpc) is 3.00. The Kier molecular flexibility index (Phi) is 4.75. The Bertz CT molecular complexity index is 806. The summed E-state index contributed by atoms with van der Waals surface area (Å²) < 4.78 is 6.99. The molecule has 1 amide bonds. The molecule has 2 aromatic heterocycles. The second kappa shape index (κ2) is 6.80. The van der Waals surface area contributed by atoms with E-state index in [0.717, 1.165) is 31.6 Å². The van der Waals surface area contributed by atoms with Gasteiger partial charge in [-0.2, -0.15) is 5.10 Å². The van der Waals surface area contributed by atoms with E-state index < -0.39 is 0 Å². The van der Waals surface area contributed by atoms with E-state index in [1.54, 1.807) is 26.2 Å². The van der Waals surface area contributed by atoms with Gasteiger partial charge in [-0.3, -0.25) is 9.59 Å². The molecule has 0 aliphatic carbocycles. The van der Waals surface area contributed by atoms with E-state index in [1.165, 1.54) is 10.9 Å². The van der Waals surface area contributed by atoms with Gasteiger partial charge in [-0.1, -0.05) is 0 Å². The molecule has 24 heavy (non-hydrogen) atoms. The monoisotopic (exact) mass is 394 g/mol. The lowest BCUT2D eigenvalue weighted by atomic mass is 10.0. The maximum absolute atomic E-state index is 12.2. The van der Waals surface area contributed by atoms with Crippen molar-refractivity contribution in [2.75, 3.05) is 18.0 Å². The quantitative estimate of drug-likeness (QED) is 0.858. The Labute approximate surface area is 147 Å². The molecule has 0 saturated carbocycles. The van der Waals surface area contributed by atoms with Crippen LogP contribution in [-0.4, -0.2) is 34.8 Å². The molecule has 0 radical (unpaired) electrons. The van der Waals surface area contributed by atoms with Gasteiger partial charge in [-0.15, -0.1) is 0 Å². The summed E-state index contributed by atoms with van der Waals surface area (Å²) in [5.41, 5.74) is 1.22. The SMILES string of the molecule is Cc1occc1C(=O)NC1CCN(c2cnn(C)c(=O)c2Br)CC1. The lowest BCUT2D eigenvalue weighted by Crippen LogP contribution is -2.45. The minimum Gasteiger partial charge on any atom is -0.469 e. The molecule has 1 N–H and O–H groups in total. The van der Waals surface area contributed by atoms with Gasteiger partial charge in [-0.25, -0.2) is 4.68 Å². The van der Waals surface area contributed by atoms with E-state index in [4.69, 9.17) is 4.42 Å². The summed E-state index contributed by atoms with van der Waals surface area (Å²) in [6.07, 6.45) is 4.83. The van der Waals surface area contributed by atoms with E-state index in [9.17, 15) is 9.59 Å². The van der Waals surface area contributed by atoms with Crippen molar-refractivity contribution in [1.82, 2.24) is 15.1 Å². The largest absolute Gasteiger partial charge is 0.469 e. The van der Waals surface area contributed by atoms with Gasteiger partial charge in [0.1, 0.15) is 10.2 Å². The molecule has 1 aliphatic heterocycles. The maximum atomic E-state index is 12.2. The van der Waals surface area contributed by atoms with Crippen LogP contribution in [0.4, 0.5) is 5.69 Å². The number of carbonyl (C=O) groups excluding carboxylic acids is 1. The van der Waals surface area contributed by atoms with Gasteiger partial charge in [0.2, 0.25) is 0 Å². The van der Waals surface area contributed by atoms with Crippen LogP contribution in [0.1, 0.15) is 29.0 Å². The summed E-state index contributed by atoms with van der Waals surface area (Å²) in [4.78, 5) is 26.3. The van der Waals surface area contributed by atoms with Crippen molar-refractivity contribution in [3.63, 3.8) is 0 Å². The molecule has 0 unspecified atom stereocenters. The van der Waals surface area contributed by atoms with Crippen LogP contribution >= 0.6 is 15.9 Å². The first-order valence-corrected chi connectivity index (χ1v) is 8.58. The van der Waals surface area contributed by atoms with E-state index >= 15 is 0 Å². The first-order valence-electron chi connectivity index (χ1n) is 7.79. The Morgan fingerprint density at radius 1 is 1.42 bits per heavy atom. The molecule has 1 aliphatic rings. The summed E-state index contributed by atoms with van der Waals surface area (Å²) >= 11 is 3.36. The number of nitrogens with zero attached hydrogens (tertiary/aromatic N) is 3. The predicted molar refractivity (Wildman–Crippen MR) is 93.3 cm³/mol. The molecule has 2 aromatic rings. The number of halogens is 1. The molecule has 3 rings (SSSR count). The summed E-state index contributed by atoms with van der Waals surface area (Å²) in [7, 11) is 1.62. The first kappa shape index (κ1) is 16.8. The number of hydrogen-bond acceptors (Lipinski definition) is 5. The van der Waals surface area contributed by atoms with Crippen molar-refractivity contribution in [1.29, 1.82) is 0 Å². The van der Waals surface area contributed by atoms with E-state index in [2.05, 4.69) is 31.2 Å². The standard InChI is InChI=1S/C16H19BrN4O3/c1-10-12(5-8-24-10)15(22)19-11-3-6-21(7-4-11)13-9-18-20(2)16(23)14(13)17/h5,8-9,11H,3-4,6-7H2,1-2H3,(H,19,22). The Morgan fingerprint density at radius 2 is 2.12 bits per heavy atom. The zero-order valence-corrected chi connectivity index (χ0v) is 15.2. The zero-order chi connectivity index (χ0) is 17.3. The number of amides is 1. The van der Waals surface area contributed by atoms with Crippen LogP contribution in [0.2, 0.25) is 0 Å². The van der Waals surface area contributed by atoms with E-state index in [1.807, 2.05) is 0 Å². The third-order valence-electron chi connectivity index (χ3n) is 4.33. The number of anilines is 1. The fourth-order valence-corrected chi connectivity index (χ4v) is 3.48. The number of carbonyl (C=O) groups is 1. The third-order valence-corrected chi connectivity index (χ3v) is 5.08. The highest BCUT2D eigenvalue weighted by Crippen LogP contribution is 2.25. The zero-order valence-electron chi connectivity index (χ0n) is 13.6. The van der Waals surface area contributed by atoms with Gasteiger partial charge >= 0.3 is 0 Å². The van der Waals surface area contributed by atoms with Crippen LogP contribution in [0.3, 0.4) is 0 Å². The van der Waals surface area contributed by atoms with Gasteiger partial charge in [0, 0.05) is 26.2 Å². The van der Waals surface area contributed by atoms with Crippen molar-refractivity contribution in [3.05, 3.63) is 44.7 Å². The molecular weight excluding hydrogens is 376 g/mol. The van der Waals surface area contributed by atoms with Crippen molar-refractivity contribution >= 4 is 27.5 Å². The van der Waals surface area contributed by atoms with Gasteiger partial charge in [0.05, 0.1) is 23.7 Å². The van der Waals surface area contributed by atoms with Gasteiger partial charge in [-0.05, 0) is 41.8 Å². The second-order valence-corrected chi connectivity index (χ2v) is 6.69. The van der Waals surface area contributed by atoms with Crippen LogP contribution in [0, 0.1) is 6.92 Å². The van der Waals surface area contributed by atoms with Crippen molar-refractivity contribution in [2.45, 2.75) is 25.8 Å². The van der Waals surface area contributed by atoms with Crippen molar-refractivity contribution in [3.8, 4) is 0 Å². The molecule has 0 spiro atoms. The molecule has 3 heterocycles. The van der Waals surface area contributed by atoms with Crippen molar-refractivity contribution in [2.24, 2.45) is 7.05 Å². The Morgan fingerprint density at radius 3 is 2.75 bits per heavy atom. The fourth-order valence-electron chi connectivity index (χ4n) is 2.87. The topological polar surface area (TPSA) is 80.4 Å². The number of furan rings is 1. The van der Waals surface area contributed by atoms with E-state index in [-0.39, 0.29) is 17.5 Å². The average molecular weight is 395 g/mol. The van der Waals surface area contributed by atoms with Gasteiger partial charge in [0.15, 0.2) is 0 Å². The summed E-state index contributed by atoms with van der Waals surface area (Å²) in [6, 6.07) is 1.80. The molecule has 8 heteroatoms. The lowest BCUT2D eigenvalue weighted by molar-refractivity contribution is 0.0929. The van der Waals surface area contributed by atoms with Crippen LogP contribution in [0.15, 0.2) is 32.2 Å². The number of aromatic nitrogens is 2. The fraction of sp³-hybridized carbons (Fsp3) is 0.438. The number of piperidine rings is 1. The number of rotatable bonds is 3. The van der Waals surface area contributed by atoms with Crippen LogP contribution < -0.4 is 15.8 Å². The molecule has 0 aromatic carbocycles. The van der Waals surface area contributed by atoms with Crippen LogP contribution in [0.5, 0.6) is 0 Å². The molecule has 0 atom stereocenters. The highest BCUT2D eigenvalue weighted by Gasteiger charge is 2.24. The third kappa shape index (κ3) is 3.24. The molecule has 1 fully saturated rings. The highest BCUT2D eigenvalue weighted by atomic mass is 79.9. The molecule has 7 nitrogen and oxygen atoms in total. The molecule has 128 valence electrons. The minimum atomic E-state index is -0.154. The normalized spacial score (nSPS) is 15.5. The van der Waals surface area contributed by atoms with Crippen LogP contribution in [0.25, 0.3) is 0 Å². The molecule has 1 saturated heterocycles. The van der Waals surface area contributed by atoms with Gasteiger partial charge in [0.25, 0.3) is 11.5 Å². The predicted octanol–water partition coefficient (Wildman–Crippen LogP) is 1.84. The smallest absolute Gasteiger partial charge is 0.282 e. The van der Waals surface area contributed by atoms with Crippen molar-refractivity contribution < 1.29 is 9.21 Å². The molecular formula is C16H19BrN4O3. The molecule has 0 bridgehead atoms. The van der Waals surface area contributed by atoms with Crippen LogP contribution in [-0.2, 0) is 7.05 Å². The Balaban J connectivity index is 1.62. The number of aryl methyl sites for hydroxylation is 2. The Hall–Kier alpha value is -2.09. The first-order chi connectivity index (χ1) is 11.5. The summed E-state index contributed by atoms with van der Waals surface area (Å²) in [5, 5.41) is 7.13. The lowest BCUT2D eigenvalue weighted by Gasteiger charge is -2.34. The van der Waals surface area contributed by atoms with E-state index in [0.29, 0.717) is 15.8 Å². The number of hydrogen-bond donors (Lipinski definition) is 1. The highest BCUT2D eigenvalue weighted by molar-refractivity contribution is 9.10. The maximum Gasteiger partial charge on any atom is 0.282 e. The minimum absolute atomic E-state index is 0.101. The summed E-state index contributed by atoms with van der Waals surface area (Å²) in [5.74, 6) is 0.524.